The van der Waals surface area contributed by atoms with Crippen LogP contribution in [0.15, 0.2) is 6.20 Å². The maximum absolute atomic E-state index is 4.12. The van der Waals surface area contributed by atoms with E-state index in [0.717, 1.165) is 5.82 Å². The van der Waals surface area contributed by atoms with Crippen LogP contribution in [0.5, 0.6) is 0 Å². The minimum atomic E-state index is 0.700. The van der Waals surface area contributed by atoms with Gasteiger partial charge in [-0.25, -0.2) is 4.98 Å². The number of H-pyrrole nitrogens is 1. The summed E-state index contributed by atoms with van der Waals surface area (Å²) in [4.78, 5) is 7.23. The topological polar surface area (TPSA) is 28.7 Å². The Hall–Kier alpha value is -0.790. The second kappa shape index (κ2) is 2.45. The van der Waals surface area contributed by atoms with Crippen molar-refractivity contribution < 1.29 is 0 Å². The molecule has 0 aliphatic heterocycles. The standard InChI is InChI=1S/C8H11N2/c1-2-4-7(3-1)8-9-5-6-10-8/h5,7H,1-4H2,(H,9,10). The summed E-state index contributed by atoms with van der Waals surface area (Å²) in [6, 6.07) is 0. The van der Waals surface area contributed by atoms with Crippen LogP contribution >= 0.6 is 0 Å². The second-order valence-electron chi connectivity index (χ2n) is 2.90. The molecule has 0 saturated heterocycles. The van der Waals surface area contributed by atoms with E-state index in [4.69, 9.17) is 0 Å². The highest BCUT2D eigenvalue weighted by Gasteiger charge is 2.18. The second-order valence-corrected chi connectivity index (χ2v) is 2.90. The molecule has 1 heterocycles. The van der Waals surface area contributed by atoms with Crippen molar-refractivity contribution in [1.29, 1.82) is 0 Å². The number of nitrogens with one attached hydrogen (secondary N) is 1. The van der Waals surface area contributed by atoms with Crippen molar-refractivity contribution in [2.45, 2.75) is 31.6 Å². The average Bonchev–Trinajstić information content (AvgIpc) is 2.59. The highest BCUT2D eigenvalue weighted by molar-refractivity contribution is 4.97. The first-order valence-electron chi connectivity index (χ1n) is 3.88. The molecule has 0 bridgehead atoms. The van der Waals surface area contributed by atoms with Crippen molar-refractivity contribution in [3.05, 3.63) is 18.2 Å². The van der Waals surface area contributed by atoms with Gasteiger partial charge < -0.3 is 4.98 Å². The maximum atomic E-state index is 4.12. The summed E-state index contributed by atoms with van der Waals surface area (Å²) in [6.45, 7) is 0. The van der Waals surface area contributed by atoms with E-state index < -0.39 is 0 Å². The molecule has 1 N–H and O–H groups in total. The zero-order chi connectivity index (χ0) is 6.81. The Balaban J connectivity index is 2.12. The molecule has 2 rings (SSSR count). The number of aromatic amines is 1. The molecule has 1 aliphatic rings. The van der Waals surface area contributed by atoms with Crippen LogP contribution < -0.4 is 0 Å². The van der Waals surface area contributed by atoms with Crippen LogP contribution in [0.1, 0.15) is 37.4 Å². The number of hydrogen-bond donors (Lipinski definition) is 1. The van der Waals surface area contributed by atoms with Crippen LogP contribution in [0.25, 0.3) is 0 Å². The Labute approximate surface area is 60.7 Å². The normalized spacial score (nSPS) is 20.0. The molecule has 1 radical (unpaired) electrons. The fraction of sp³-hybridized carbons (Fsp3) is 0.625. The minimum Gasteiger partial charge on any atom is -0.348 e. The monoisotopic (exact) mass is 135 g/mol. The highest BCUT2D eigenvalue weighted by atomic mass is 14.9. The van der Waals surface area contributed by atoms with Gasteiger partial charge in [0.05, 0.1) is 0 Å². The third-order valence-corrected chi connectivity index (χ3v) is 2.21. The van der Waals surface area contributed by atoms with Gasteiger partial charge in [-0.2, -0.15) is 0 Å². The Morgan fingerprint density at radius 1 is 1.50 bits per heavy atom. The molecule has 2 heteroatoms. The molecular formula is C8H11N2. The molecular weight excluding hydrogens is 124 g/mol. The van der Waals surface area contributed by atoms with Gasteiger partial charge in [0.1, 0.15) is 12.0 Å². The first-order valence-corrected chi connectivity index (χ1v) is 3.88. The molecule has 0 atom stereocenters. The fourth-order valence-corrected chi connectivity index (χ4v) is 1.65. The van der Waals surface area contributed by atoms with E-state index in [2.05, 4.69) is 16.2 Å². The first kappa shape index (κ1) is 5.96. The summed E-state index contributed by atoms with van der Waals surface area (Å²) < 4.78 is 0. The molecule has 1 aromatic rings. The maximum Gasteiger partial charge on any atom is 0.109 e. The third-order valence-electron chi connectivity index (χ3n) is 2.21. The molecule has 1 aliphatic carbocycles. The minimum absolute atomic E-state index is 0.700. The molecule has 10 heavy (non-hydrogen) atoms. The lowest BCUT2D eigenvalue weighted by atomic mass is 10.1. The van der Waals surface area contributed by atoms with Gasteiger partial charge in [-0.05, 0) is 12.8 Å². The predicted octanol–water partition coefficient (Wildman–Crippen LogP) is 1.87. The summed E-state index contributed by atoms with van der Waals surface area (Å²) >= 11 is 0. The largest absolute Gasteiger partial charge is 0.348 e. The number of hydrogen-bond acceptors (Lipinski definition) is 1. The molecule has 1 saturated carbocycles. The van der Waals surface area contributed by atoms with Gasteiger partial charge in [-0.3, -0.25) is 0 Å². The summed E-state index contributed by atoms with van der Waals surface area (Å²) in [5, 5.41) is 0. The summed E-state index contributed by atoms with van der Waals surface area (Å²) in [5.41, 5.74) is 0. The summed E-state index contributed by atoms with van der Waals surface area (Å²) in [6.07, 6.45) is 9.93. The van der Waals surface area contributed by atoms with Crippen LogP contribution in [-0.2, 0) is 0 Å². The molecule has 53 valence electrons. The van der Waals surface area contributed by atoms with Gasteiger partial charge in [0.15, 0.2) is 0 Å². The Bertz CT molecular complexity index is 185. The number of aromatic nitrogens is 2. The summed E-state index contributed by atoms with van der Waals surface area (Å²) in [7, 11) is 0. The van der Waals surface area contributed by atoms with Gasteiger partial charge in [0, 0.05) is 12.1 Å². The van der Waals surface area contributed by atoms with E-state index in [1.807, 2.05) is 0 Å². The quantitative estimate of drug-likeness (QED) is 0.625. The van der Waals surface area contributed by atoms with Gasteiger partial charge in [0.2, 0.25) is 0 Å². The molecule has 0 aromatic carbocycles. The number of rotatable bonds is 1. The highest BCUT2D eigenvalue weighted by Crippen LogP contribution is 2.31. The first-order chi connectivity index (χ1) is 4.97. The van der Waals surface area contributed by atoms with Crippen LogP contribution in [-0.4, -0.2) is 9.97 Å². The van der Waals surface area contributed by atoms with Crippen LogP contribution in [0.4, 0.5) is 0 Å². The lowest BCUT2D eigenvalue weighted by Crippen LogP contribution is -1.93. The van der Waals surface area contributed by atoms with Crippen molar-refractivity contribution in [2.24, 2.45) is 0 Å². The lowest BCUT2D eigenvalue weighted by Gasteiger charge is -2.02. The molecule has 0 amide bonds. The van der Waals surface area contributed by atoms with Crippen molar-refractivity contribution in [1.82, 2.24) is 9.97 Å². The smallest absolute Gasteiger partial charge is 0.109 e. The summed E-state index contributed by atoms with van der Waals surface area (Å²) in [5.74, 6) is 1.84. The molecule has 1 fully saturated rings. The van der Waals surface area contributed by atoms with Crippen molar-refractivity contribution in [3.63, 3.8) is 0 Å². The van der Waals surface area contributed by atoms with Crippen LogP contribution in [0, 0.1) is 6.20 Å². The van der Waals surface area contributed by atoms with Crippen molar-refractivity contribution in [3.8, 4) is 0 Å². The Morgan fingerprint density at radius 2 is 2.30 bits per heavy atom. The zero-order valence-electron chi connectivity index (χ0n) is 5.93. The predicted molar refractivity (Wildman–Crippen MR) is 38.6 cm³/mol. The van der Waals surface area contributed by atoms with Gasteiger partial charge in [0.25, 0.3) is 0 Å². The zero-order valence-corrected chi connectivity index (χ0v) is 5.93. The van der Waals surface area contributed by atoms with Crippen LogP contribution in [0.3, 0.4) is 0 Å². The van der Waals surface area contributed by atoms with Crippen molar-refractivity contribution in [2.75, 3.05) is 0 Å². The molecule has 0 spiro atoms. The average molecular weight is 135 g/mol. The van der Waals surface area contributed by atoms with E-state index in [1.165, 1.54) is 25.7 Å². The van der Waals surface area contributed by atoms with E-state index in [9.17, 15) is 0 Å². The van der Waals surface area contributed by atoms with E-state index in [0.29, 0.717) is 5.92 Å². The van der Waals surface area contributed by atoms with E-state index >= 15 is 0 Å². The Morgan fingerprint density at radius 3 is 2.90 bits per heavy atom. The number of imidazole rings is 1. The molecule has 2 nitrogen and oxygen atoms in total. The van der Waals surface area contributed by atoms with Crippen LogP contribution in [0.2, 0.25) is 0 Å². The van der Waals surface area contributed by atoms with Gasteiger partial charge in [-0.1, -0.05) is 12.8 Å². The fourth-order valence-electron chi connectivity index (χ4n) is 1.65. The SMILES string of the molecule is [c]1c[nH]c(C2CCCC2)n1. The van der Waals surface area contributed by atoms with Crippen molar-refractivity contribution >= 4 is 0 Å². The third kappa shape index (κ3) is 0.939. The van der Waals surface area contributed by atoms with E-state index in [-0.39, 0.29) is 0 Å². The Kier molecular flexibility index (Phi) is 1.46. The molecule has 1 aromatic heterocycles. The van der Waals surface area contributed by atoms with Gasteiger partial charge >= 0.3 is 0 Å². The molecule has 0 unspecified atom stereocenters. The van der Waals surface area contributed by atoms with Gasteiger partial charge in [-0.15, -0.1) is 0 Å². The lowest BCUT2D eigenvalue weighted by molar-refractivity contribution is 0.678. The van der Waals surface area contributed by atoms with E-state index in [1.54, 1.807) is 6.20 Å². The number of nitrogens with zero attached hydrogens (tertiary/aromatic N) is 1.